The van der Waals surface area contributed by atoms with Crippen LogP contribution in [-0.2, 0) is 28.0 Å². The summed E-state index contributed by atoms with van der Waals surface area (Å²) in [5, 5.41) is 1.01. The van der Waals surface area contributed by atoms with Crippen LogP contribution in [0.2, 0.25) is 0 Å². The molecule has 0 unspecified atom stereocenters. The fraction of sp³-hybridized carbons (Fsp3) is 0.375. The van der Waals surface area contributed by atoms with Crippen LogP contribution < -0.4 is 15.6 Å². The van der Waals surface area contributed by atoms with E-state index >= 15 is 0 Å². The molecule has 2 saturated heterocycles. The van der Waals surface area contributed by atoms with E-state index in [2.05, 4.69) is 17.0 Å². The van der Waals surface area contributed by atoms with Crippen LogP contribution in [0, 0.1) is 5.92 Å². The number of fused-ring (bicyclic) bond motifs is 1. The molecular formula is C24H26N4O4. The Morgan fingerprint density at radius 1 is 0.938 bits per heavy atom. The summed E-state index contributed by atoms with van der Waals surface area (Å²) in [6.45, 7) is 3.10. The fourth-order valence-electron chi connectivity index (χ4n) is 4.47. The van der Waals surface area contributed by atoms with E-state index in [4.69, 9.17) is 4.74 Å². The summed E-state index contributed by atoms with van der Waals surface area (Å²) in [6.07, 6.45) is 1.07. The highest BCUT2D eigenvalue weighted by Crippen LogP contribution is 2.28. The van der Waals surface area contributed by atoms with Crippen LogP contribution in [0.5, 0.6) is 0 Å². The highest BCUT2D eigenvalue weighted by molar-refractivity contribution is 6.11. The quantitative estimate of drug-likeness (QED) is 0.556. The predicted octanol–water partition coefficient (Wildman–Crippen LogP) is 2.17. The van der Waals surface area contributed by atoms with Gasteiger partial charge in [-0.2, -0.15) is 9.69 Å². The minimum absolute atomic E-state index is 0.272. The van der Waals surface area contributed by atoms with Gasteiger partial charge in [0.05, 0.1) is 24.2 Å². The zero-order valence-corrected chi connectivity index (χ0v) is 18.1. The van der Waals surface area contributed by atoms with Crippen LogP contribution in [-0.4, -0.2) is 40.8 Å². The molecule has 3 heterocycles. The molecule has 0 N–H and O–H groups in total. The Morgan fingerprint density at radius 3 is 2.38 bits per heavy atom. The first-order chi connectivity index (χ1) is 15.5. The number of hydrogen-bond donors (Lipinski definition) is 0. The largest absolute Gasteiger partial charge is 0.376 e. The highest BCUT2D eigenvalue weighted by Gasteiger charge is 2.32. The lowest BCUT2D eigenvalue weighted by Gasteiger charge is -2.41. The number of rotatable bonds is 6. The van der Waals surface area contributed by atoms with Gasteiger partial charge in [0.1, 0.15) is 0 Å². The predicted molar refractivity (Wildman–Crippen MR) is 121 cm³/mol. The summed E-state index contributed by atoms with van der Waals surface area (Å²) in [6, 6.07) is 15.9. The van der Waals surface area contributed by atoms with Gasteiger partial charge in [0.25, 0.3) is 0 Å². The third-order valence-corrected chi connectivity index (χ3v) is 6.26. The van der Waals surface area contributed by atoms with Crippen molar-refractivity contribution in [3.05, 3.63) is 64.6 Å². The van der Waals surface area contributed by atoms with E-state index in [0.29, 0.717) is 36.6 Å². The van der Waals surface area contributed by atoms with E-state index in [1.807, 2.05) is 36.4 Å². The van der Waals surface area contributed by atoms with Gasteiger partial charge in [-0.05, 0) is 30.2 Å². The molecule has 8 nitrogen and oxygen atoms in total. The van der Waals surface area contributed by atoms with Crippen LogP contribution >= 0.6 is 0 Å². The van der Waals surface area contributed by atoms with Gasteiger partial charge in [-0.25, -0.2) is 4.79 Å². The Bertz CT molecular complexity index is 1210. The van der Waals surface area contributed by atoms with Gasteiger partial charge in [0.2, 0.25) is 11.8 Å². The van der Waals surface area contributed by atoms with E-state index in [1.54, 1.807) is 7.05 Å². The molecule has 2 aliphatic rings. The summed E-state index contributed by atoms with van der Waals surface area (Å²) >= 11 is 0. The summed E-state index contributed by atoms with van der Waals surface area (Å²) < 4.78 is 8.57. The van der Waals surface area contributed by atoms with Crippen LogP contribution in [0.3, 0.4) is 0 Å². The Hall–Kier alpha value is -3.39. The lowest BCUT2D eigenvalue weighted by Crippen LogP contribution is -2.52. The number of nitrogens with zero attached hydrogens (tertiary/aromatic N) is 4. The average molecular weight is 434 g/mol. The molecule has 0 radical (unpaired) electrons. The summed E-state index contributed by atoms with van der Waals surface area (Å²) in [4.78, 5) is 39.9. The van der Waals surface area contributed by atoms with Crippen molar-refractivity contribution >= 4 is 28.5 Å². The van der Waals surface area contributed by atoms with E-state index < -0.39 is 5.69 Å². The standard InChI is InChI=1S/C24H26N4O4/c1-25-21-12-19(26-13-18(14-26)16-32-15-17-6-3-2-4-7-17)10-11-20(21)27(24(25)31)28-22(29)8-5-9-23(28)30/h2-4,6-7,10-12,18H,5,8-9,13-16H2,1H3. The van der Waals surface area contributed by atoms with Gasteiger partial charge in [-0.15, -0.1) is 0 Å². The van der Waals surface area contributed by atoms with Crippen LogP contribution in [0.15, 0.2) is 53.3 Å². The molecule has 32 heavy (non-hydrogen) atoms. The monoisotopic (exact) mass is 434 g/mol. The summed E-state index contributed by atoms with van der Waals surface area (Å²) in [7, 11) is 1.67. The maximum atomic E-state index is 12.9. The number of aromatic nitrogens is 2. The number of imide groups is 1. The SMILES string of the molecule is Cn1c(=O)n(N2C(=O)CCCC2=O)c2ccc(N3CC(COCc4ccccc4)C3)cc21. The number of ether oxygens (including phenoxy) is 1. The second-order valence-electron chi connectivity index (χ2n) is 8.55. The minimum Gasteiger partial charge on any atom is -0.376 e. The number of amides is 2. The van der Waals surface area contributed by atoms with Crippen molar-refractivity contribution in [2.75, 3.05) is 29.6 Å². The number of carbonyl (C=O) groups excluding carboxylic acids is 2. The van der Waals surface area contributed by atoms with Gasteiger partial charge >= 0.3 is 5.69 Å². The Kier molecular flexibility index (Phi) is 5.30. The number of anilines is 1. The molecule has 8 heteroatoms. The lowest BCUT2D eigenvalue weighted by molar-refractivity contribution is -0.131. The van der Waals surface area contributed by atoms with Crippen LogP contribution in [0.4, 0.5) is 5.69 Å². The zero-order valence-electron chi connectivity index (χ0n) is 18.1. The number of hydrogen-bond acceptors (Lipinski definition) is 5. The first-order valence-electron chi connectivity index (χ1n) is 11.0. The Morgan fingerprint density at radius 2 is 1.66 bits per heavy atom. The molecule has 3 aromatic rings. The molecule has 2 aromatic carbocycles. The molecule has 0 bridgehead atoms. The van der Waals surface area contributed by atoms with Gasteiger partial charge in [-0.1, -0.05) is 30.3 Å². The topological polar surface area (TPSA) is 76.8 Å². The summed E-state index contributed by atoms with van der Waals surface area (Å²) in [5.74, 6) is -0.201. The third kappa shape index (κ3) is 3.60. The fourth-order valence-corrected chi connectivity index (χ4v) is 4.47. The first kappa shape index (κ1) is 20.5. The number of carbonyl (C=O) groups is 2. The third-order valence-electron chi connectivity index (χ3n) is 6.26. The molecule has 0 spiro atoms. The molecule has 2 aliphatic heterocycles. The van der Waals surface area contributed by atoms with Gasteiger partial charge < -0.3 is 9.64 Å². The molecule has 5 rings (SSSR count). The molecule has 0 saturated carbocycles. The summed E-state index contributed by atoms with van der Waals surface area (Å²) in [5.41, 5.74) is 3.05. The lowest BCUT2D eigenvalue weighted by atomic mass is 10.00. The van der Waals surface area contributed by atoms with Gasteiger partial charge in [0.15, 0.2) is 0 Å². The second kappa shape index (κ2) is 8.27. The smallest absolute Gasteiger partial charge is 0.348 e. The molecule has 166 valence electrons. The van der Waals surface area contributed by atoms with Crippen molar-refractivity contribution in [2.24, 2.45) is 13.0 Å². The molecular weight excluding hydrogens is 408 g/mol. The maximum Gasteiger partial charge on any atom is 0.348 e. The average Bonchev–Trinajstić information content (AvgIpc) is 3.01. The first-order valence-corrected chi connectivity index (χ1v) is 11.0. The number of piperidine rings is 1. The van der Waals surface area contributed by atoms with Crippen molar-refractivity contribution < 1.29 is 14.3 Å². The van der Waals surface area contributed by atoms with Gasteiger partial charge in [0, 0.05) is 44.6 Å². The van der Waals surface area contributed by atoms with Crippen LogP contribution in [0.25, 0.3) is 11.0 Å². The molecule has 0 aliphatic carbocycles. The number of imidazole rings is 1. The minimum atomic E-state index is -0.392. The molecule has 2 amide bonds. The van der Waals surface area contributed by atoms with Gasteiger partial charge in [-0.3, -0.25) is 14.2 Å². The van der Waals surface area contributed by atoms with Crippen molar-refractivity contribution in [1.29, 1.82) is 0 Å². The van der Waals surface area contributed by atoms with Crippen molar-refractivity contribution in [3.63, 3.8) is 0 Å². The van der Waals surface area contributed by atoms with Crippen LogP contribution in [0.1, 0.15) is 24.8 Å². The van der Waals surface area contributed by atoms with E-state index in [-0.39, 0.29) is 24.7 Å². The second-order valence-corrected chi connectivity index (χ2v) is 8.55. The highest BCUT2D eigenvalue weighted by atomic mass is 16.5. The van der Waals surface area contributed by atoms with Crippen molar-refractivity contribution in [3.8, 4) is 0 Å². The van der Waals surface area contributed by atoms with E-state index in [0.717, 1.165) is 23.8 Å². The molecule has 1 aromatic heterocycles. The van der Waals surface area contributed by atoms with E-state index in [9.17, 15) is 14.4 Å². The number of aryl methyl sites for hydroxylation is 1. The van der Waals surface area contributed by atoms with Crippen molar-refractivity contribution in [2.45, 2.75) is 25.9 Å². The molecule has 2 fully saturated rings. The molecule has 0 atom stereocenters. The van der Waals surface area contributed by atoms with E-state index in [1.165, 1.54) is 14.8 Å². The Balaban J connectivity index is 1.29. The zero-order chi connectivity index (χ0) is 22.2. The number of benzene rings is 2. The maximum absolute atomic E-state index is 12.9. The Labute approximate surface area is 185 Å². The normalized spacial score (nSPS) is 17.3. The van der Waals surface area contributed by atoms with Crippen molar-refractivity contribution in [1.82, 2.24) is 9.24 Å².